The summed E-state index contributed by atoms with van der Waals surface area (Å²) >= 11 is 2.99. The van der Waals surface area contributed by atoms with Crippen molar-refractivity contribution in [2.24, 2.45) is 0 Å². The molecule has 0 radical (unpaired) electrons. The Morgan fingerprint density at radius 1 is 1.05 bits per heavy atom. The summed E-state index contributed by atoms with van der Waals surface area (Å²) in [5.41, 5.74) is 5.89. The molecular formula is C13H9BrF4N2. The third kappa shape index (κ3) is 3.22. The van der Waals surface area contributed by atoms with Gasteiger partial charge in [-0.2, -0.15) is 13.2 Å². The number of hydrogen-bond donors (Lipinski definition) is 2. The van der Waals surface area contributed by atoms with E-state index in [-0.39, 0.29) is 15.8 Å². The van der Waals surface area contributed by atoms with E-state index < -0.39 is 17.6 Å². The lowest BCUT2D eigenvalue weighted by Crippen LogP contribution is -2.04. The lowest BCUT2D eigenvalue weighted by Gasteiger charge is -2.12. The van der Waals surface area contributed by atoms with E-state index in [1.807, 2.05) is 0 Å². The van der Waals surface area contributed by atoms with Crippen molar-refractivity contribution in [3.63, 3.8) is 0 Å². The second-order valence-corrected chi connectivity index (χ2v) is 4.91. The lowest BCUT2D eigenvalue weighted by atomic mass is 10.2. The van der Waals surface area contributed by atoms with Crippen molar-refractivity contribution in [2.75, 3.05) is 11.1 Å². The summed E-state index contributed by atoms with van der Waals surface area (Å²) < 4.78 is 50.8. The van der Waals surface area contributed by atoms with Crippen molar-refractivity contribution in [1.29, 1.82) is 0 Å². The highest BCUT2D eigenvalue weighted by Gasteiger charge is 2.29. The highest BCUT2D eigenvalue weighted by Crippen LogP contribution is 2.32. The maximum Gasteiger partial charge on any atom is 0.416 e. The predicted molar refractivity (Wildman–Crippen MR) is 73.2 cm³/mol. The molecular weight excluding hydrogens is 340 g/mol. The molecule has 2 aromatic rings. The van der Waals surface area contributed by atoms with Gasteiger partial charge in [-0.05, 0) is 46.3 Å². The van der Waals surface area contributed by atoms with Crippen molar-refractivity contribution in [2.45, 2.75) is 6.18 Å². The van der Waals surface area contributed by atoms with E-state index in [0.29, 0.717) is 5.69 Å². The number of nitrogens with two attached hydrogens (primary N) is 1. The average molecular weight is 349 g/mol. The number of nitrogen functional groups attached to an aromatic ring is 1. The smallest absolute Gasteiger partial charge is 0.397 e. The molecule has 2 rings (SSSR count). The van der Waals surface area contributed by atoms with Gasteiger partial charge in [0.25, 0.3) is 0 Å². The van der Waals surface area contributed by atoms with Crippen LogP contribution in [0, 0.1) is 5.82 Å². The highest BCUT2D eigenvalue weighted by atomic mass is 79.9. The van der Waals surface area contributed by atoms with Crippen LogP contribution in [0.15, 0.2) is 40.9 Å². The molecule has 0 aromatic heterocycles. The maximum atomic E-state index is 13.4. The number of anilines is 3. The van der Waals surface area contributed by atoms with Crippen molar-refractivity contribution < 1.29 is 17.6 Å². The fourth-order valence-electron chi connectivity index (χ4n) is 1.57. The number of halogens is 5. The first-order valence-electron chi connectivity index (χ1n) is 5.46. The standard InChI is InChI=1S/C13H9BrF4N2/c14-9-5-11(19)12(6-10(9)15)20-8-3-1-7(2-4-8)13(16,17)18/h1-6,20H,19H2. The predicted octanol–water partition coefficient (Wildman–Crippen LogP) is 4.93. The minimum absolute atomic E-state index is 0.216. The maximum absolute atomic E-state index is 13.4. The van der Waals surface area contributed by atoms with Gasteiger partial charge in [0.2, 0.25) is 0 Å². The SMILES string of the molecule is Nc1cc(Br)c(F)cc1Nc1ccc(C(F)(F)F)cc1. The average Bonchev–Trinajstić information content (AvgIpc) is 2.35. The fraction of sp³-hybridized carbons (Fsp3) is 0.0769. The van der Waals surface area contributed by atoms with Gasteiger partial charge in [-0.25, -0.2) is 4.39 Å². The van der Waals surface area contributed by atoms with Crippen LogP contribution in [0.3, 0.4) is 0 Å². The molecule has 0 saturated heterocycles. The van der Waals surface area contributed by atoms with Crippen LogP contribution in [0.4, 0.5) is 34.6 Å². The third-order valence-electron chi connectivity index (χ3n) is 2.58. The molecule has 0 aliphatic carbocycles. The number of benzene rings is 2. The number of alkyl halides is 3. The van der Waals surface area contributed by atoms with Crippen LogP contribution in [0.25, 0.3) is 0 Å². The monoisotopic (exact) mass is 348 g/mol. The zero-order valence-corrected chi connectivity index (χ0v) is 11.5. The van der Waals surface area contributed by atoms with Crippen LogP contribution >= 0.6 is 15.9 Å². The van der Waals surface area contributed by atoms with Crippen LogP contribution in [0.5, 0.6) is 0 Å². The lowest BCUT2D eigenvalue weighted by molar-refractivity contribution is -0.137. The third-order valence-corrected chi connectivity index (χ3v) is 3.19. The Morgan fingerprint density at radius 3 is 2.20 bits per heavy atom. The molecule has 106 valence electrons. The molecule has 0 spiro atoms. The summed E-state index contributed by atoms with van der Waals surface area (Å²) in [5, 5.41) is 2.77. The summed E-state index contributed by atoms with van der Waals surface area (Å²) in [6, 6.07) is 6.92. The van der Waals surface area contributed by atoms with Crippen molar-refractivity contribution in [3.8, 4) is 0 Å². The largest absolute Gasteiger partial charge is 0.416 e. The van der Waals surface area contributed by atoms with Crippen LogP contribution in [0.1, 0.15) is 5.56 Å². The van der Waals surface area contributed by atoms with Crippen LogP contribution in [-0.4, -0.2) is 0 Å². The normalized spacial score (nSPS) is 11.4. The zero-order chi connectivity index (χ0) is 14.9. The molecule has 0 amide bonds. The molecule has 2 aromatic carbocycles. The van der Waals surface area contributed by atoms with Gasteiger partial charge in [0, 0.05) is 11.8 Å². The fourth-order valence-corrected chi connectivity index (χ4v) is 1.93. The van der Waals surface area contributed by atoms with Gasteiger partial charge < -0.3 is 11.1 Å². The molecule has 0 bridgehead atoms. The molecule has 2 nitrogen and oxygen atoms in total. The first-order valence-corrected chi connectivity index (χ1v) is 6.25. The Morgan fingerprint density at radius 2 is 1.65 bits per heavy atom. The summed E-state index contributed by atoms with van der Waals surface area (Å²) in [6.07, 6.45) is -4.39. The molecule has 0 heterocycles. The first kappa shape index (κ1) is 14.6. The van der Waals surface area contributed by atoms with Gasteiger partial charge in [-0.15, -0.1) is 0 Å². The van der Waals surface area contributed by atoms with Crippen molar-refractivity contribution in [1.82, 2.24) is 0 Å². The summed E-state index contributed by atoms with van der Waals surface area (Å²) in [5.74, 6) is -0.520. The van der Waals surface area contributed by atoms with Crippen LogP contribution in [-0.2, 0) is 6.18 Å². The van der Waals surface area contributed by atoms with E-state index in [9.17, 15) is 17.6 Å². The topological polar surface area (TPSA) is 38.0 Å². The van der Waals surface area contributed by atoms with Crippen LogP contribution < -0.4 is 11.1 Å². The second-order valence-electron chi connectivity index (χ2n) is 4.05. The van der Waals surface area contributed by atoms with Gasteiger partial charge in [-0.3, -0.25) is 0 Å². The van der Waals surface area contributed by atoms with Gasteiger partial charge in [-0.1, -0.05) is 0 Å². The van der Waals surface area contributed by atoms with Gasteiger partial charge in [0.15, 0.2) is 0 Å². The second kappa shape index (κ2) is 5.32. The van der Waals surface area contributed by atoms with Gasteiger partial charge in [0.1, 0.15) is 5.82 Å². The number of rotatable bonds is 2. The highest BCUT2D eigenvalue weighted by molar-refractivity contribution is 9.10. The van der Waals surface area contributed by atoms with Crippen LogP contribution in [0.2, 0.25) is 0 Å². The molecule has 0 aliphatic rings. The quantitative estimate of drug-likeness (QED) is 0.596. The van der Waals surface area contributed by atoms with E-state index >= 15 is 0 Å². The Balaban J connectivity index is 2.25. The van der Waals surface area contributed by atoms with E-state index in [2.05, 4.69) is 21.2 Å². The number of hydrogen-bond acceptors (Lipinski definition) is 2. The molecule has 0 atom stereocenters. The van der Waals surface area contributed by atoms with Gasteiger partial charge >= 0.3 is 6.18 Å². The first-order chi connectivity index (χ1) is 9.27. The summed E-state index contributed by atoms with van der Waals surface area (Å²) in [6.45, 7) is 0. The van der Waals surface area contributed by atoms with Crippen molar-refractivity contribution in [3.05, 3.63) is 52.3 Å². The molecule has 0 aliphatic heterocycles. The van der Waals surface area contributed by atoms with Crippen molar-refractivity contribution >= 4 is 33.0 Å². The minimum Gasteiger partial charge on any atom is -0.397 e. The number of nitrogens with one attached hydrogen (secondary N) is 1. The van der Waals surface area contributed by atoms with E-state index in [1.54, 1.807) is 0 Å². The minimum atomic E-state index is -4.39. The Labute approximate surface area is 120 Å². The van der Waals surface area contributed by atoms with E-state index in [1.165, 1.54) is 18.2 Å². The van der Waals surface area contributed by atoms with Gasteiger partial charge in [0.05, 0.1) is 21.4 Å². The molecule has 0 saturated carbocycles. The summed E-state index contributed by atoms with van der Waals surface area (Å²) in [4.78, 5) is 0. The Kier molecular flexibility index (Phi) is 3.89. The summed E-state index contributed by atoms with van der Waals surface area (Å²) in [7, 11) is 0. The molecule has 20 heavy (non-hydrogen) atoms. The van der Waals surface area contributed by atoms with E-state index in [0.717, 1.165) is 18.2 Å². The molecule has 0 unspecified atom stereocenters. The Bertz CT molecular complexity index is 624. The molecule has 7 heteroatoms. The molecule has 0 fully saturated rings. The Hall–Kier alpha value is -1.76. The zero-order valence-electron chi connectivity index (χ0n) is 9.93. The molecule has 3 N–H and O–H groups in total. The van der Waals surface area contributed by atoms with E-state index in [4.69, 9.17) is 5.73 Å².